The van der Waals surface area contributed by atoms with E-state index in [0.717, 1.165) is 32.1 Å². The molecule has 0 aromatic heterocycles. The van der Waals surface area contributed by atoms with Gasteiger partial charge in [0.05, 0.1) is 6.61 Å². The summed E-state index contributed by atoms with van der Waals surface area (Å²) in [5.74, 6) is -0.835. The Morgan fingerprint density at radius 2 is 1.80 bits per heavy atom. The number of ketones is 1. The summed E-state index contributed by atoms with van der Waals surface area (Å²) >= 11 is 0. The van der Waals surface area contributed by atoms with Crippen molar-refractivity contribution in [1.82, 2.24) is 0 Å². The third-order valence-corrected chi connectivity index (χ3v) is 6.46. The topological polar surface area (TPSA) is 69.7 Å². The molecular weight excluding hydrogens is 320 g/mol. The molecule has 3 atom stereocenters. The van der Waals surface area contributed by atoms with Crippen LogP contribution in [0.2, 0.25) is 0 Å². The monoisotopic (exact) mass is 348 g/mol. The summed E-state index contributed by atoms with van der Waals surface area (Å²) < 4.78 is 10.8. The van der Waals surface area contributed by atoms with Gasteiger partial charge in [-0.1, -0.05) is 13.0 Å². The molecule has 5 heteroatoms. The molecule has 3 saturated carbocycles. The average molecular weight is 348 g/mol. The molecule has 5 nitrogen and oxygen atoms in total. The van der Waals surface area contributed by atoms with Crippen molar-refractivity contribution in [2.45, 2.75) is 71.3 Å². The highest BCUT2D eigenvalue weighted by Gasteiger charge is 2.71. The Morgan fingerprint density at radius 3 is 2.40 bits per heavy atom. The predicted octanol–water partition coefficient (Wildman–Crippen LogP) is 3.36. The van der Waals surface area contributed by atoms with Crippen LogP contribution < -0.4 is 0 Å². The largest absolute Gasteiger partial charge is 0.465 e. The molecule has 0 aromatic carbocycles. The van der Waals surface area contributed by atoms with Gasteiger partial charge in [0, 0.05) is 11.0 Å². The Balaban J connectivity index is 1.70. The Labute approximate surface area is 149 Å². The molecule has 0 aromatic rings. The zero-order valence-corrected chi connectivity index (χ0v) is 15.3. The maximum atomic E-state index is 12.6. The average Bonchev–Trinajstić information content (AvgIpc) is 3.17. The van der Waals surface area contributed by atoms with Crippen molar-refractivity contribution in [3.63, 3.8) is 0 Å². The van der Waals surface area contributed by atoms with Crippen LogP contribution in [0.4, 0.5) is 0 Å². The molecule has 0 saturated heterocycles. The molecule has 0 N–H and O–H groups in total. The number of Topliss-reactive ketones (excluding diaryl/α,β-unsaturated/α-hetero) is 1. The summed E-state index contributed by atoms with van der Waals surface area (Å²) in [5.41, 5.74) is -1.13. The summed E-state index contributed by atoms with van der Waals surface area (Å²) in [6.07, 6.45) is 6.78. The van der Waals surface area contributed by atoms with Gasteiger partial charge in [-0.15, -0.1) is 0 Å². The molecule has 138 valence electrons. The van der Waals surface area contributed by atoms with Gasteiger partial charge in [-0.05, 0) is 64.7 Å². The van der Waals surface area contributed by atoms with Crippen molar-refractivity contribution >= 4 is 17.7 Å². The summed E-state index contributed by atoms with van der Waals surface area (Å²) in [4.78, 5) is 37.3. The van der Waals surface area contributed by atoms with E-state index < -0.39 is 16.8 Å². The van der Waals surface area contributed by atoms with Crippen molar-refractivity contribution in [3.8, 4) is 0 Å². The number of hydrogen-bond donors (Lipinski definition) is 0. The van der Waals surface area contributed by atoms with E-state index in [9.17, 15) is 14.4 Å². The quantitative estimate of drug-likeness (QED) is 0.418. The van der Waals surface area contributed by atoms with Crippen LogP contribution in [0, 0.1) is 16.7 Å². The van der Waals surface area contributed by atoms with Gasteiger partial charge in [0.25, 0.3) is 0 Å². The second-order valence-electron chi connectivity index (χ2n) is 7.94. The lowest BCUT2D eigenvalue weighted by atomic mass is 9.76. The van der Waals surface area contributed by atoms with Gasteiger partial charge in [-0.2, -0.15) is 0 Å². The standard InChI is InChI=1S/C20H28O5/c1-4-24-18(23)20(14(3)21)11-15-10-19(15,12-20)13(2)17(22)25-16-8-6-5-7-9-16/h15-16H,2,4-12H2,1,3H3. The highest BCUT2D eigenvalue weighted by Crippen LogP contribution is 2.72. The smallest absolute Gasteiger partial charge is 0.334 e. The van der Waals surface area contributed by atoms with Gasteiger partial charge >= 0.3 is 11.9 Å². The molecule has 25 heavy (non-hydrogen) atoms. The summed E-state index contributed by atoms with van der Waals surface area (Å²) in [5, 5.41) is 0. The number of carbonyl (C=O) groups is 3. The molecular formula is C20H28O5. The van der Waals surface area contributed by atoms with Crippen molar-refractivity contribution in [1.29, 1.82) is 0 Å². The number of carbonyl (C=O) groups excluding carboxylic acids is 3. The lowest BCUT2D eigenvalue weighted by Crippen LogP contribution is -2.39. The van der Waals surface area contributed by atoms with Crippen LogP contribution in [0.3, 0.4) is 0 Å². The van der Waals surface area contributed by atoms with Crippen LogP contribution in [0.5, 0.6) is 0 Å². The first-order chi connectivity index (χ1) is 11.9. The number of ether oxygens (including phenoxy) is 2. The fourth-order valence-electron chi connectivity index (χ4n) is 4.82. The normalized spacial score (nSPS) is 34.1. The fraction of sp³-hybridized carbons (Fsp3) is 0.750. The zero-order valence-electron chi connectivity index (χ0n) is 15.3. The minimum atomic E-state index is -1.12. The van der Waals surface area contributed by atoms with Gasteiger partial charge in [0.1, 0.15) is 17.3 Å². The first-order valence-electron chi connectivity index (χ1n) is 9.44. The number of hydrogen-bond acceptors (Lipinski definition) is 5. The van der Waals surface area contributed by atoms with E-state index in [0.29, 0.717) is 18.4 Å². The molecule has 3 rings (SSSR count). The van der Waals surface area contributed by atoms with Crippen LogP contribution in [0.15, 0.2) is 12.2 Å². The lowest BCUT2D eigenvalue weighted by molar-refractivity contribution is -0.160. The van der Waals surface area contributed by atoms with Crippen molar-refractivity contribution < 1.29 is 23.9 Å². The zero-order chi connectivity index (χ0) is 18.2. The molecule has 0 amide bonds. The van der Waals surface area contributed by atoms with E-state index >= 15 is 0 Å². The predicted molar refractivity (Wildman–Crippen MR) is 91.6 cm³/mol. The van der Waals surface area contributed by atoms with Crippen LogP contribution in [-0.2, 0) is 23.9 Å². The van der Waals surface area contributed by atoms with E-state index in [1.54, 1.807) is 6.92 Å². The Hall–Kier alpha value is -1.65. The number of fused-ring (bicyclic) bond motifs is 1. The lowest BCUT2D eigenvalue weighted by Gasteiger charge is -2.28. The van der Waals surface area contributed by atoms with Crippen molar-refractivity contribution in [2.75, 3.05) is 6.61 Å². The van der Waals surface area contributed by atoms with Crippen LogP contribution in [-0.4, -0.2) is 30.4 Å². The third-order valence-electron chi connectivity index (χ3n) is 6.46. The fourth-order valence-corrected chi connectivity index (χ4v) is 4.82. The maximum Gasteiger partial charge on any atom is 0.334 e. The van der Waals surface area contributed by atoms with E-state index in [1.165, 1.54) is 13.3 Å². The van der Waals surface area contributed by atoms with Crippen LogP contribution >= 0.6 is 0 Å². The summed E-state index contributed by atoms with van der Waals surface area (Å²) in [6, 6.07) is 0. The third kappa shape index (κ3) is 3.02. The second-order valence-corrected chi connectivity index (χ2v) is 7.94. The van der Waals surface area contributed by atoms with Gasteiger partial charge < -0.3 is 9.47 Å². The van der Waals surface area contributed by atoms with Crippen molar-refractivity contribution in [3.05, 3.63) is 12.2 Å². The number of esters is 2. The van der Waals surface area contributed by atoms with Crippen LogP contribution in [0.25, 0.3) is 0 Å². The van der Waals surface area contributed by atoms with E-state index in [2.05, 4.69) is 6.58 Å². The van der Waals surface area contributed by atoms with E-state index in [1.807, 2.05) is 0 Å². The Morgan fingerprint density at radius 1 is 1.12 bits per heavy atom. The van der Waals surface area contributed by atoms with E-state index in [-0.39, 0.29) is 30.4 Å². The van der Waals surface area contributed by atoms with Gasteiger partial charge in [-0.3, -0.25) is 9.59 Å². The maximum absolute atomic E-state index is 12.6. The highest BCUT2D eigenvalue weighted by atomic mass is 16.5. The molecule has 0 aliphatic heterocycles. The minimum Gasteiger partial charge on any atom is -0.465 e. The molecule has 3 aliphatic carbocycles. The second kappa shape index (κ2) is 6.58. The molecule has 3 fully saturated rings. The first kappa shape index (κ1) is 18.2. The van der Waals surface area contributed by atoms with Gasteiger partial charge in [-0.25, -0.2) is 4.79 Å². The number of rotatable bonds is 6. The molecule has 3 aliphatic rings. The molecule has 0 radical (unpaired) electrons. The minimum absolute atomic E-state index is 0.0179. The van der Waals surface area contributed by atoms with Gasteiger partial charge in [0.2, 0.25) is 0 Å². The SMILES string of the molecule is C=C(C(=O)OC1CCCCC1)C12CC1CC(C(C)=O)(C(=O)OCC)C2. The van der Waals surface area contributed by atoms with Crippen LogP contribution in [0.1, 0.15) is 65.2 Å². The van der Waals surface area contributed by atoms with Gasteiger partial charge in [0.15, 0.2) is 0 Å². The van der Waals surface area contributed by atoms with Crippen molar-refractivity contribution in [2.24, 2.45) is 16.7 Å². The molecule has 0 spiro atoms. The Bertz CT molecular complexity index is 603. The highest BCUT2D eigenvalue weighted by molar-refractivity contribution is 6.04. The molecule has 0 bridgehead atoms. The summed E-state index contributed by atoms with van der Waals surface area (Å²) in [6.45, 7) is 7.43. The van der Waals surface area contributed by atoms with E-state index in [4.69, 9.17) is 9.47 Å². The Kier molecular flexibility index (Phi) is 4.78. The summed E-state index contributed by atoms with van der Waals surface area (Å²) in [7, 11) is 0. The first-order valence-corrected chi connectivity index (χ1v) is 9.44. The molecule has 0 heterocycles. The molecule has 3 unspecified atom stereocenters.